The lowest BCUT2D eigenvalue weighted by Gasteiger charge is -2.33. The van der Waals surface area contributed by atoms with E-state index in [-0.39, 0.29) is 24.6 Å². The quantitative estimate of drug-likeness (QED) is 0.681. The normalized spacial score (nSPS) is 17.9. The minimum atomic E-state index is -0.197. The summed E-state index contributed by atoms with van der Waals surface area (Å²) in [5.74, 6) is -0.0101. The van der Waals surface area contributed by atoms with Gasteiger partial charge in [-0.1, -0.05) is 30.3 Å². The Balaban J connectivity index is 1.34. The molecule has 0 saturated carbocycles. The second-order valence-electron chi connectivity index (χ2n) is 8.61. The second-order valence-corrected chi connectivity index (χ2v) is 8.61. The average Bonchev–Trinajstić information content (AvgIpc) is 2.78. The van der Waals surface area contributed by atoms with E-state index < -0.39 is 0 Å². The predicted molar refractivity (Wildman–Crippen MR) is 122 cm³/mol. The van der Waals surface area contributed by atoms with Crippen LogP contribution in [0.1, 0.15) is 55.3 Å². The lowest BCUT2D eigenvalue weighted by Crippen LogP contribution is -2.36. The highest BCUT2D eigenvalue weighted by Crippen LogP contribution is 2.28. The van der Waals surface area contributed by atoms with E-state index in [1.165, 1.54) is 36.0 Å². The molecule has 0 radical (unpaired) electrons. The number of aliphatic hydroxyl groups excluding tert-OH is 1. The lowest BCUT2D eigenvalue weighted by atomic mass is 9.89. The molecule has 1 atom stereocenters. The molecule has 1 heterocycles. The topological polar surface area (TPSA) is 64.6 Å². The van der Waals surface area contributed by atoms with Crippen LogP contribution in [0.5, 0.6) is 0 Å². The standard InChI is InChI=1S/C25H33N3O2/c1-18(20-11-10-19-6-2-3-7-21(19)16-20)27-25(30)17-26-23-8-4-5-9-24(23)28-14-12-22(29)13-15-28/h4-5,8-11,16,18,22,26,29H,2-3,6-7,12-15,17H2,1H3,(H,27,30). The Kier molecular flexibility index (Phi) is 6.58. The molecule has 30 heavy (non-hydrogen) atoms. The van der Waals surface area contributed by atoms with Crippen LogP contribution in [0.25, 0.3) is 0 Å². The van der Waals surface area contributed by atoms with Gasteiger partial charge < -0.3 is 20.6 Å². The van der Waals surface area contributed by atoms with Crippen LogP contribution < -0.4 is 15.5 Å². The van der Waals surface area contributed by atoms with Crippen LogP contribution in [0.2, 0.25) is 0 Å². The molecule has 5 nitrogen and oxygen atoms in total. The van der Waals surface area contributed by atoms with Crippen LogP contribution in [0.3, 0.4) is 0 Å². The van der Waals surface area contributed by atoms with Crippen LogP contribution in [-0.2, 0) is 17.6 Å². The van der Waals surface area contributed by atoms with E-state index in [9.17, 15) is 9.90 Å². The van der Waals surface area contributed by atoms with Crippen LogP contribution in [-0.4, -0.2) is 36.8 Å². The van der Waals surface area contributed by atoms with Crippen molar-refractivity contribution in [2.24, 2.45) is 0 Å². The first kappa shape index (κ1) is 20.7. The van der Waals surface area contributed by atoms with Crippen molar-refractivity contribution in [1.29, 1.82) is 0 Å². The highest BCUT2D eigenvalue weighted by Gasteiger charge is 2.20. The molecule has 0 bridgehead atoms. The summed E-state index contributed by atoms with van der Waals surface area (Å²) in [6.45, 7) is 3.96. The number of carbonyl (C=O) groups is 1. The highest BCUT2D eigenvalue weighted by atomic mass is 16.3. The number of rotatable bonds is 6. The van der Waals surface area contributed by atoms with E-state index in [0.717, 1.165) is 43.7 Å². The number of aliphatic hydroxyl groups is 1. The number of anilines is 2. The molecule has 160 valence electrons. The molecular weight excluding hydrogens is 374 g/mol. The molecule has 1 amide bonds. The van der Waals surface area contributed by atoms with Gasteiger partial charge in [0.15, 0.2) is 0 Å². The molecule has 5 heteroatoms. The van der Waals surface area contributed by atoms with Crippen molar-refractivity contribution in [2.45, 2.75) is 57.6 Å². The minimum Gasteiger partial charge on any atom is -0.393 e. The van der Waals surface area contributed by atoms with E-state index in [2.05, 4.69) is 46.7 Å². The third-order valence-corrected chi connectivity index (χ3v) is 6.40. The van der Waals surface area contributed by atoms with Gasteiger partial charge in [-0.3, -0.25) is 4.79 Å². The molecule has 1 unspecified atom stereocenters. The SMILES string of the molecule is CC(NC(=O)CNc1ccccc1N1CCC(O)CC1)c1ccc2c(c1)CCCC2. The largest absolute Gasteiger partial charge is 0.393 e. The molecule has 2 aromatic carbocycles. The zero-order valence-electron chi connectivity index (χ0n) is 17.9. The molecule has 3 N–H and O–H groups in total. The predicted octanol–water partition coefficient (Wildman–Crippen LogP) is 3.82. The number of aryl methyl sites for hydroxylation is 2. The van der Waals surface area contributed by atoms with Crippen LogP contribution >= 0.6 is 0 Å². The Morgan fingerprint density at radius 3 is 2.63 bits per heavy atom. The van der Waals surface area contributed by atoms with Gasteiger partial charge in [0.05, 0.1) is 30.1 Å². The maximum atomic E-state index is 12.6. The van der Waals surface area contributed by atoms with Crippen molar-refractivity contribution < 1.29 is 9.90 Å². The van der Waals surface area contributed by atoms with Crippen molar-refractivity contribution in [3.63, 3.8) is 0 Å². The van der Waals surface area contributed by atoms with Gasteiger partial charge in [-0.05, 0) is 74.3 Å². The van der Waals surface area contributed by atoms with Gasteiger partial charge in [0, 0.05) is 13.1 Å². The number of carbonyl (C=O) groups excluding carboxylic acids is 1. The number of piperidine rings is 1. The highest BCUT2D eigenvalue weighted by molar-refractivity contribution is 5.83. The fourth-order valence-corrected chi connectivity index (χ4v) is 4.58. The Bertz CT molecular complexity index is 874. The number of hydrogen-bond acceptors (Lipinski definition) is 4. The summed E-state index contributed by atoms with van der Waals surface area (Å²) in [6, 6.07) is 14.7. The first-order chi connectivity index (χ1) is 14.6. The molecular formula is C25H33N3O2. The first-order valence-corrected chi connectivity index (χ1v) is 11.3. The van der Waals surface area contributed by atoms with Crippen LogP contribution in [0, 0.1) is 0 Å². The molecule has 1 aliphatic carbocycles. The maximum absolute atomic E-state index is 12.6. The number of para-hydroxylation sites is 2. The number of nitrogens with one attached hydrogen (secondary N) is 2. The lowest BCUT2D eigenvalue weighted by molar-refractivity contribution is -0.120. The van der Waals surface area contributed by atoms with Gasteiger partial charge in [-0.15, -0.1) is 0 Å². The third-order valence-electron chi connectivity index (χ3n) is 6.40. The molecule has 1 aliphatic heterocycles. The number of amides is 1. The zero-order valence-corrected chi connectivity index (χ0v) is 17.9. The average molecular weight is 408 g/mol. The summed E-state index contributed by atoms with van der Waals surface area (Å²) < 4.78 is 0. The van der Waals surface area contributed by atoms with Gasteiger partial charge in [-0.2, -0.15) is 0 Å². The van der Waals surface area contributed by atoms with Crippen molar-refractivity contribution >= 4 is 17.3 Å². The van der Waals surface area contributed by atoms with Gasteiger partial charge in [-0.25, -0.2) is 0 Å². The summed E-state index contributed by atoms with van der Waals surface area (Å²) in [7, 11) is 0. The monoisotopic (exact) mass is 407 g/mol. The molecule has 2 aromatic rings. The van der Waals surface area contributed by atoms with Crippen molar-refractivity contribution in [3.8, 4) is 0 Å². The van der Waals surface area contributed by atoms with Crippen molar-refractivity contribution in [3.05, 3.63) is 59.2 Å². The number of hydrogen-bond donors (Lipinski definition) is 3. The van der Waals surface area contributed by atoms with Crippen LogP contribution in [0.4, 0.5) is 11.4 Å². The Hall–Kier alpha value is -2.53. The zero-order chi connectivity index (χ0) is 20.9. The molecule has 0 aromatic heterocycles. The summed E-state index contributed by atoms with van der Waals surface area (Å²) >= 11 is 0. The second kappa shape index (κ2) is 9.52. The number of fused-ring (bicyclic) bond motifs is 1. The molecule has 1 saturated heterocycles. The summed E-state index contributed by atoms with van der Waals surface area (Å²) in [4.78, 5) is 14.9. The summed E-state index contributed by atoms with van der Waals surface area (Å²) in [6.07, 6.45) is 6.24. The smallest absolute Gasteiger partial charge is 0.239 e. The summed E-state index contributed by atoms with van der Waals surface area (Å²) in [5.41, 5.74) is 6.15. The van der Waals surface area contributed by atoms with Gasteiger partial charge in [0.1, 0.15) is 0 Å². The van der Waals surface area contributed by atoms with Gasteiger partial charge in [0.25, 0.3) is 0 Å². The molecule has 4 rings (SSSR count). The van der Waals surface area contributed by atoms with E-state index in [1.54, 1.807) is 0 Å². The third kappa shape index (κ3) is 4.96. The molecule has 1 fully saturated rings. The van der Waals surface area contributed by atoms with E-state index >= 15 is 0 Å². The van der Waals surface area contributed by atoms with E-state index in [1.807, 2.05) is 18.2 Å². The fraction of sp³-hybridized carbons (Fsp3) is 0.480. The Labute approximate surface area is 179 Å². The molecule has 0 spiro atoms. The van der Waals surface area contributed by atoms with Crippen LogP contribution in [0.15, 0.2) is 42.5 Å². The Morgan fingerprint density at radius 2 is 1.83 bits per heavy atom. The van der Waals surface area contributed by atoms with Crippen molar-refractivity contribution in [2.75, 3.05) is 29.9 Å². The first-order valence-electron chi connectivity index (χ1n) is 11.3. The minimum absolute atomic E-state index is 0.00893. The fourth-order valence-electron chi connectivity index (χ4n) is 4.58. The number of benzene rings is 2. The molecule has 2 aliphatic rings. The van der Waals surface area contributed by atoms with E-state index in [0.29, 0.717) is 0 Å². The van der Waals surface area contributed by atoms with E-state index in [4.69, 9.17) is 0 Å². The van der Waals surface area contributed by atoms with Crippen molar-refractivity contribution in [1.82, 2.24) is 5.32 Å². The van der Waals surface area contributed by atoms with Gasteiger partial charge >= 0.3 is 0 Å². The van der Waals surface area contributed by atoms with Gasteiger partial charge in [0.2, 0.25) is 5.91 Å². The number of nitrogens with zero attached hydrogens (tertiary/aromatic N) is 1. The Morgan fingerprint density at radius 1 is 1.10 bits per heavy atom. The summed E-state index contributed by atoms with van der Waals surface area (Å²) in [5, 5.41) is 16.2. The maximum Gasteiger partial charge on any atom is 0.239 e.